The summed E-state index contributed by atoms with van der Waals surface area (Å²) in [7, 11) is 0. The van der Waals surface area contributed by atoms with Crippen molar-refractivity contribution in [2.45, 2.75) is 39.7 Å². The van der Waals surface area contributed by atoms with Crippen molar-refractivity contribution in [3.05, 3.63) is 0 Å². The van der Waals surface area contributed by atoms with E-state index in [0.717, 1.165) is 6.54 Å². The van der Waals surface area contributed by atoms with Crippen molar-refractivity contribution in [1.29, 1.82) is 0 Å². The van der Waals surface area contributed by atoms with E-state index in [2.05, 4.69) is 33.0 Å². The first kappa shape index (κ1) is 10.9. The van der Waals surface area contributed by atoms with Crippen LogP contribution in [0.3, 0.4) is 0 Å². The zero-order chi connectivity index (χ0) is 8.91. The Bertz CT molecular complexity index is 102. The van der Waals surface area contributed by atoms with Crippen molar-refractivity contribution < 1.29 is 0 Å². The Morgan fingerprint density at radius 3 is 2.27 bits per heavy atom. The molecule has 2 nitrogen and oxygen atoms in total. The minimum Gasteiger partial charge on any atom is -0.329 e. The summed E-state index contributed by atoms with van der Waals surface area (Å²) in [5, 5.41) is 3.47. The highest BCUT2D eigenvalue weighted by Crippen LogP contribution is 2.14. The number of nitrogens with two attached hydrogens (primary N) is 1. The lowest BCUT2D eigenvalue weighted by atomic mass is 9.88. The predicted octanol–water partition coefficient (Wildman–Crippen LogP) is 1.36. The maximum atomic E-state index is 5.69. The molecule has 1 atom stereocenters. The average Bonchev–Trinajstić information content (AvgIpc) is 2.00. The Kier molecular flexibility index (Phi) is 4.69. The molecule has 0 rings (SSSR count). The van der Waals surface area contributed by atoms with E-state index in [1.54, 1.807) is 0 Å². The van der Waals surface area contributed by atoms with E-state index in [4.69, 9.17) is 5.73 Å². The monoisotopic (exact) mass is 158 g/mol. The standard InChI is InChI=1S/C9H22N2/c1-5-6-11-9(4,7-10)8(2)3/h8,11H,5-7,10H2,1-4H3. The highest BCUT2D eigenvalue weighted by molar-refractivity contribution is 4.86. The second kappa shape index (κ2) is 4.73. The van der Waals surface area contributed by atoms with Gasteiger partial charge in [0.1, 0.15) is 0 Å². The summed E-state index contributed by atoms with van der Waals surface area (Å²) in [6, 6.07) is 0. The maximum Gasteiger partial charge on any atom is 0.0298 e. The van der Waals surface area contributed by atoms with E-state index >= 15 is 0 Å². The predicted molar refractivity (Wildman–Crippen MR) is 50.6 cm³/mol. The molecule has 0 aliphatic carbocycles. The van der Waals surface area contributed by atoms with Gasteiger partial charge >= 0.3 is 0 Å². The number of nitrogens with one attached hydrogen (secondary N) is 1. The molecule has 0 saturated heterocycles. The molecule has 0 spiro atoms. The van der Waals surface area contributed by atoms with Crippen LogP contribution in [-0.4, -0.2) is 18.6 Å². The van der Waals surface area contributed by atoms with Crippen LogP contribution in [0.2, 0.25) is 0 Å². The molecular weight excluding hydrogens is 136 g/mol. The van der Waals surface area contributed by atoms with Gasteiger partial charge in [-0.05, 0) is 25.8 Å². The van der Waals surface area contributed by atoms with Crippen LogP contribution in [0.25, 0.3) is 0 Å². The van der Waals surface area contributed by atoms with Gasteiger partial charge in [-0.25, -0.2) is 0 Å². The van der Waals surface area contributed by atoms with Gasteiger partial charge in [0, 0.05) is 12.1 Å². The Morgan fingerprint density at radius 1 is 1.45 bits per heavy atom. The van der Waals surface area contributed by atoms with E-state index in [9.17, 15) is 0 Å². The molecule has 0 fully saturated rings. The molecule has 0 aromatic rings. The number of hydrogen-bond acceptors (Lipinski definition) is 2. The Labute approximate surface area is 70.5 Å². The molecule has 11 heavy (non-hydrogen) atoms. The summed E-state index contributed by atoms with van der Waals surface area (Å²) in [6.45, 7) is 10.5. The number of rotatable bonds is 5. The summed E-state index contributed by atoms with van der Waals surface area (Å²) >= 11 is 0. The summed E-state index contributed by atoms with van der Waals surface area (Å²) in [5.41, 5.74) is 5.81. The molecular formula is C9H22N2. The van der Waals surface area contributed by atoms with Crippen LogP contribution in [0, 0.1) is 5.92 Å². The SMILES string of the molecule is CCCNC(C)(CN)C(C)C. The van der Waals surface area contributed by atoms with Gasteiger partial charge in [-0.3, -0.25) is 0 Å². The Morgan fingerprint density at radius 2 is 2.00 bits per heavy atom. The minimum absolute atomic E-state index is 0.121. The van der Waals surface area contributed by atoms with Gasteiger partial charge < -0.3 is 11.1 Å². The molecule has 0 amide bonds. The van der Waals surface area contributed by atoms with Gasteiger partial charge in [0.05, 0.1) is 0 Å². The number of hydrogen-bond donors (Lipinski definition) is 2. The van der Waals surface area contributed by atoms with Gasteiger partial charge in [-0.2, -0.15) is 0 Å². The lowest BCUT2D eigenvalue weighted by molar-refractivity contribution is 0.270. The van der Waals surface area contributed by atoms with Gasteiger partial charge in [-0.15, -0.1) is 0 Å². The third-order valence-electron chi connectivity index (χ3n) is 2.48. The molecule has 0 heterocycles. The van der Waals surface area contributed by atoms with Crippen molar-refractivity contribution in [1.82, 2.24) is 5.32 Å². The van der Waals surface area contributed by atoms with Gasteiger partial charge in [0.15, 0.2) is 0 Å². The van der Waals surface area contributed by atoms with Gasteiger partial charge in [0.25, 0.3) is 0 Å². The molecule has 0 aromatic heterocycles. The zero-order valence-electron chi connectivity index (χ0n) is 8.28. The Hall–Kier alpha value is -0.0800. The zero-order valence-corrected chi connectivity index (χ0v) is 8.28. The van der Waals surface area contributed by atoms with Gasteiger partial charge in [-0.1, -0.05) is 20.8 Å². The topological polar surface area (TPSA) is 38.0 Å². The highest BCUT2D eigenvalue weighted by Gasteiger charge is 2.24. The van der Waals surface area contributed by atoms with Crippen molar-refractivity contribution in [3.8, 4) is 0 Å². The first-order valence-electron chi connectivity index (χ1n) is 4.52. The van der Waals surface area contributed by atoms with Crippen LogP contribution in [0.1, 0.15) is 34.1 Å². The minimum atomic E-state index is 0.121. The molecule has 68 valence electrons. The molecule has 3 N–H and O–H groups in total. The summed E-state index contributed by atoms with van der Waals surface area (Å²) in [6.07, 6.45) is 1.17. The normalized spacial score (nSPS) is 16.9. The van der Waals surface area contributed by atoms with Crippen LogP contribution >= 0.6 is 0 Å². The van der Waals surface area contributed by atoms with E-state index in [1.165, 1.54) is 6.42 Å². The van der Waals surface area contributed by atoms with Crippen LogP contribution in [-0.2, 0) is 0 Å². The van der Waals surface area contributed by atoms with Crippen molar-refractivity contribution in [2.75, 3.05) is 13.1 Å². The van der Waals surface area contributed by atoms with Gasteiger partial charge in [0.2, 0.25) is 0 Å². The van der Waals surface area contributed by atoms with Crippen molar-refractivity contribution >= 4 is 0 Å². The van der Waals surface area contributed by atoms with Crippen molar-refractivity contribution in [3.63, 3.8) is 0 Å². The molecule has 0 radical (unpaired) electrons. The lowest BCUT2D eigenvalue weighted by Crippen LogP contribution is -2.52. The summed E-state index contributed by atoms with van der Waals surface area (Å²) in [4.78, 5) is 0. The first-order chi connectivity index (χ1) is 5.06. The average molecular weight is 158 g/mol. The van der Waals surface area contributed by atoms with Crippen LogP contribution in [0.4, 0.5) is 0 Å². The lowest BCUT2D eigenvalue weighted by Gasteiger charge is -2.33. The largest absolute Gasteiger partial charge is 0.329 e. The smallest absolute Gasteiger partial charge is 0.0298 e. The third-order valence-corrected chi connectivity index (χ3v) is 2.48. The molecule has 0 bridgehead atoms. The van der Waals surface area contributed by atoms with Crippen LogP contribution in [0.15, 0.2) is 0 Å². The Balaban J connectivity index is 3.88. The second-order valence-electron chi connectivity index (χ2n) is 3.70. The fourth-order valence-corrected chi connectivity index (χ4v) is 0.923. The fourth-order valence-electron chi connectivity index (χ4n) is 0.923. The van der Waals surface area contributed by atoms with E-state index in [1.807, 2.05) is 0 Å². The maximum absolute atomic E-state index is 5.69. The third kappa shape index (κ3) is 3.21. The summed E-state index contributed by atoms with van der Waals surface area (Å²) < 4.78 is 0. The molecule has 0 aromatic carbocycles. The quantitative estimate of drug-likeness (QED) is 0.634. The summed E-state index contributed by atoms with van der Waals surface area (Å²) in [5.74, 6) is 0.596. The van der Waals surface area contributed by atoms with E-state index in [-0.39, 0.29) is 5.54 Å². The second-order valence-corrected chi connectivity index (χ2v) is 3.70. The molecule has 0 aliphatic heterocycles. The molecule has 1 unspecified atom stereocenters. The molecule has 0 saturated carbocycles. The van der Waals surface area contributed by atoms with Crippen molar-refractivity contribution in [2.24, 2.45) is 11.7 Å². The first-order valence-corrected chi connectivity index (χ1v) is 4.52. The van der Waals surface area contributed by atoms with Crippen LogP contribution in [0.5, 0.6) is 0 Å². The molecule has 2 heteroatoms. The highest BCUT2D eigenvalue weighted by atomic mass is 15.0. The fraction of sp³-hybridized carbons (Fsp3) is 1.00. The molecule has 0 aliphatic rings. The van der Waals surface area contributed by atoms with Crippen LogP contribution < -0.4 is 11.1 Å². The van der Waals surface area contributed by atoms with E-state index in [0.29, 0.717) is 12.5 Å². The van der Waals surface area contributed by atoms with E-state index < -0.39 is 0 Å².